The number of fused-ring (bicyclic) bond motifs is 1. The monoisotopic (exact) mass is 404 g/mol. The zero-order valence-corrected chi connectivity index (χ0v) is 16.8. The van der Waals surface area contributed by atoms with Gasteiger partial charge in [0.15, 0.2) is 5.65 Å². The molecule has 1 fully saturated rings. The van der Waals surface area contributed by atoms with Gasteiger partial charge in [0.25, 0.3) is 5.91 Å². The summed E-state index contributed by atoms with van der Waals surface area (Å²) in [4.78, 5) is 19.2. The van der Waals surface area contributed by atoms with Gasteiger partial charge in [-0.05, 0) is 41.6 Å². The van der Waals surface area contributed by atoms with E-state index in [-0.39, 0.29) is 5.91 Å². The molecule has 0 unspecified atom stereocenters. The van der Waals surface area contributed by atoms with Crippen LogP contribution in [0.15, 0.2) is 47.3 Å². The number of aryl methyl sites for hydroxylation is 1. The Kier molecular flexibility index (Phi) is 4.61. The van der Waals surface area contributed by atoms with Gasteiger partial charge in [-0.25, -0.2) is 4.98 Å². The summed E-state index contributed by atoms with van der Waals surface area (Å²) in [5.74, 6) is 0.0436. The number of thiophene rings is 1. The minimum atomic E-state index is 0.0436. The van der Waals surface area contributed by atoms with Gasteiger partial charge in [0.2, 0.25) is 0 Å². The Morgan fingerprint density at radius 3 is 2.83 bits per heavy atom. The van der Waals surface area contributed by atoms with Crippen LogP contribution in [0.5, 0.6) is 0 Å². The maximum Gasteiger partial charge on any atom is 0.254 e. The van der Waals surface area contributed by atoms with Gasteiger partial charge >= 0.3 is 0 Å². The SMILES string of the molecule is Cc1cscc1-c1n[nH]c2ncc(-c3cccc(C(=O)N4CCOCC4)c3)cc12. The first-order valence-electron chi connectivity index (χ1n) is 9.55. The Morgan fingerprint density at radius 2 is 2.03 bits per heavy atom. The van der Waals surface area contributed by atoms with Crippen LogP contribution in [0.4, 0.5) is 0 Å². The number of benzene rings is 1. The van der Waals surface area contributed by atoms with E-state index in [0.717, 1.165) is 33.4 Å². The van der Waals surface area contributed by atoms with Crippen molar-refractivity contribution in [3.63, 3.8) is 0 Å². The average Bonchev–Trinajstić information content (AvgIpc) is 3.39. The van der Waals surface area contributed by atoms with Gasteiger partial charge in [-0.3, -0.25) is 9.89 Å². The quantitative estimate of drug-likeness (QED) is 0.557. The number of aromatic nitrogens is 3. The minimum Gasteiger partial charge on any atom is -0.378 e. The lowest BCUT2D eigenvalue weighted by molar-refractivity contribution is 0.0303. The van der Waals surface area contributed by atoms with Crippen molar-refractivity contribution in [3.8, 4) is 22.4 Å². The van der Waals surface area contributed by atoms with Gasteiger partial charge in [-0.1, -0.05) is 12.1 Å². The van der Waals surface area contributed by atoms with Crippen LogP contribution < -0.4 is 0 Å². The number of pyridine rings is 1. The van der Waals surface area contributed by atoms with Gasteiger partial charge < -0.3 is 9.64 Å². The lowest BCUT2D eigenvalue weighted by atomic mass is 10.0. The molecule has 6 nitrogen and oxygen atoms in total. The number of nitrogens with one attached hydrogen (secondary N) is 1. The van der Waals surface area contributed by atoms with Crippen LogP contribution in [0.2, 0.25) is 0 Å². The molecule has 1 N–H and O–H groups in total. The number of ether oxygens (including phenoxy) is 1. The summed E-state index contributed by atoms with van der Waals surface area (Å²) >= 11 is 1.67. The molecule has 0 bridgehead atoms. The molecule has 1 amide bonds. The van der Waals surface area contributed by atoms with Gasteiger partial charge in [-0.15, -0.1) is 0 Å². The average molecular weight is 404 g/mol. The Bertz CT molecular complexity index is 1190. The number of amides is 1. The van der Waals surface area contributed by atoms with Crippen molar-refractivity contribution in [3.05, 3.63) is 58.4 Å². The highest BCUT2D eigenvalue weighted by molar-refractivity contribution is 7.08. The van der Waals surface area contributed by atoms with E-state index in [1.54, 1.807) is 11.3 Å². The van der Waals surface area contributed by atoms with Crippen LogP contribution in [0.1, 0.15) is 15.9 Å². The number of morpholine rings is 1. The Hall–Kier alpha value is -3.03. The first-order valence-corrected chi connectivity index (χ1v) is 10.5. The highest BCUT2D eigenvalue weighted by atomic mass is 32.1. The van der Waals surface area contributed by atoms with E-state index in [4.69, 9.17) is 4.74 Å². The second-order valence-corrected chi connectivity index (χ2v) is 7.89. The third-order valence-electron chi connectivity index (χ3n) is 5.27. The predicted octanol–water partition coefficient (Wildman–Crippen LogP) is 4.13. The number of carbonyl (C=O) groups is 1. The topological polar surface area (TPSA) is 71.1 Å². The van der Waals surface area contributed by atoms with Crippen LogP contribution in [0.25, 0.3) is 33.4 Å². The van der Waals surface area contributed by atoms with Crippen LogP contribution in [0.3, 0.4) is 0 Å². The fourth-order valence-electron chi connectivity index (χ4n) is 3.65. The van der Waals surface area contributed by atoms with Crippen molar-refractivity contribution in [1.82, 2.24) is 20.1 Å². The second-order valence-electron chi connectivity index (χ2n) is 7.15. The third-order valence-corrected chi connectivity index (χ3v) is 6.13. The molecule has 1 aromatic carbocycles. The largest absolute Gasteiger partial charge is 0.378 e. The number of H-pyrrole nitrogens is 1. The zero-order valence-electron chi connectivity index (χ0n) is 16.0. The van der Waals surface area contributed by atoms with Gasteiger partial charge in [0.05, 0.1) is 13.2 Å². The molecular formula is C22H20N4O2S. The molecule has 1 saturated heterocycles. The third kappa shape index (κ3) is 3.32. The number of nitrogens with zero attached hydrogens (tertiary/aromatic N) is 3. The molecule has 5 rings (SSSR count). The van der Waals surface area contributed by atoms with Crippen molar-refractivity contribution >= 4 is 28.3 Å². The molecule has 3 aromatic heterocycles. The van der Waals surface area contributed by atoms with Crippen molar-refractivity contribution in [1.29, 1.82) is 0 Å². The molecule has 0 saturated carbocycles. The molecule has 1 aliphatic heterocycles. The molecule has 1 aliphatic rings. The van der Waals surface area contributed by atoms with Crippen LogP contribution in [-0.2, 0) is 4.74 Å². The standard InChI is InChI=1S/C22H20N4O2S/c1-14-12-29-13-19(14)20-18-10-17(11-23-21(18)25-24-20)15-3-2-4-16(9-15)22(27)26-5-7-28-8-6-26/h2-4,9-13H,5-8H2,1H3,(H,23,24,25). The van der Waals surface area contributed by atoms with Crippen molar-refractivity contribution in [2.75, 3.05) is 26.3 Å². The molecular weight excluding hydrogens is 384 g/mol. The summed E-state index contributed by atoms with van der Waals surface area (Å²) in [5.41, 5.74) is 6.61. The highest BCUT2D eigenvalue weighted by Gasteiger charge is 2.19. The number of aromatic amines is 1. The van der Waals surface area contributed by atoms with E-state index in [1.165, 1.54) is 5.56 Å². The molecule has 29 heavy (non-hydrogen) atoms. The van der Waals surface area contributed by atoms with E-state index in [9.17, 15) is 4.79 Å². The maximum absolute atomic E-state index is 12.8. The van der Waals surface area contributed by atoms with Crippen molar-refractivity contribution in [2.24, 2.45) is 0 Å². The smallest absolute Gasteiger partial charge is 0.254 e. The van der Waals surface area contributed by atoms with E-state index in [0.29, 0.717) is 31.9 Å². The Labute approximate surface area is 172 Å². The number of hydrogen-bond donors (Lipinski definition) is 1. The van der Waals surface area contributed by atoms with E-state index in [2.05, 4.69) is 38.9 Å². The second kappa shape index (κ2) is 7.42. The summed E-state index contributed by atoms with van der Waals surface area (Å²) < 4.78 is 5.35. The molecule has 0 radical (unpaired) electrons. The van der Waals surface area contributed by atoms with Gasteiger partial charge in [0.1, 0.15) is 5.69 Å². The molecule has 4 heterocycles. The fourth-order valence-corrected chi connectivity index (χ4v) is 4.48. The first-order chi connectivity index (χ1) is 14.2. The Balaban J connectivity index is 1.52. The summed E-state index contributed by atoms with van der Waals surface area (Å²) in [6, 6.07) is 9.83. The molecule has 4 aromatic rings. The number of carbonyl (C=O) groups excluding carboxylic acids is 1. The van der Waals surface area contributed by atoms with E-state index < -0.39 is 0 Å². The normalized spacial score (nSPS) is 14.4. The number of rotatable bonds is 3. The highest BCUT2D eigenvalue weighted by Crippen LogP contribution is 2.32. The summed E-state index contributed by atoms with van der Waals surface area (Å²) in [6.45, 7) is 4.54. The van der Waals surface area contributed by atoms with Gasteiger partial charge in [-0.2, -0.15) is 16.4 Å². The van der Waals surface area contributed by atoms with E-state index >= 15 is 0 Å². The first kappa shape index (κ1) is 18.0. The Morgan fingerprint density at radius 1 is 1.17 bits per heavy atom. The minimum absolute atomic E-state index is 0.0436. The lowest BCUT2D eigenvalue weighted by Gasteiger charge is -2.27. The van der Waals surface area contributed by atoms with Crippen molar-refractivity contribution in [2.45, 2.75) is 6.92 Å². The molecule has 146 valence electrons. The molecule has 0 atom stereocenters. The molecule has 7 heteroatoms. The summed E-state index contributed by atoms with van der Waals surface area (Å²) in [6.07, 6.45) is 1.82. The van der Waals surface area contributed by atoms with Crippen LogP contribution >= 0.6 is 11.3 Å². The van der Waals surface area contributed by atoms with Crippen LogP contribution in [-0.4, -0.2) is 52.3 Å². The summed E-state index contributed by atoms with van der Waals surface area (Å²) in [5, 5.41) is 12.7. The molecule has 0 aliphatic carbocycles. The summed E-state index contributed by atoms with van der Waals surface area (Å²) in [7, 11) is 0. The van der Waals surface area contributed by atoms with E-state index in [1.807, 2.05) is 35.4 Å². The zero-order chi connectivity index (χ0) is 19.8. The lowest BCUT2D eigenvalue weighted by Crippen LogP contribution is -2.40. The predicted molar refractivity (Wildman–Crippen MR) is 114 cm³/mol. The van der Waals surface area contributed by atoms with Gasteiger partial charge in [0, 0.05) is 46.7 Å². The molecule has 0 spiro atoms. The number of hydrogen-bond acceptors (Lipinski definition) is 5. The fraction of sp³-hybridized carbons (Fsp3) is 0.227. The maximum atomic E-state index is 12.8. The van der Waals surface area contributed by atoms with Crippen molar-refractivity contribution < 1.29 is 9.53 Å². The van der Waals surface area contributed by atoms with Crippen LogP contribution in [0, 0.1) is 6.92 Å².